The molecule has 98 valence electrons. The predicted octanol–water partition coefficient (Wildman–Crippen LogP) is 3.85. The lowest BCUT2D eigenvalue weighted by atomic mass is 10.1. The monoisotopic (exact) mass is 457 g/mol. The summed E-state index contributed by atoms with van der Waals surface area (Å²) in [6.45, 7) is 0.554. The molecule has 0 atom stereocenters. The van der Waals surface area contributed by atoms with Crippen LogP contribution in [-0.2, 0) is 6.54 Å². The van der Waals surface area contributed by atoms with Crippen LogP contribution >= 0.6 is 59.7 Å². The molecule has 1 aromatic carbocycles. The molecular weight excluding hydrogens is 448 g/mol. The molecule has 18 heavy (non-hydrogen) atoms. The van der Waals surface area contributed by atoms with Crippen LogP contribution in [0.4, 0.5) is 5.82 Å². The molecule has 0 saturated carbocycles. The van der Waals surface area contributed by atoms with Gasteiger partial charge in [0.2, 0.25) is 0 Å². The van der Waals surface area contributed by atoms with E-state index >= 15 is 0 Å². The van der Waals surface area contributed by atoms with Crippen molar-refractivity contribution in [3.05, 3.63) is 36.0 Å². The second kappa shape index (κ2) is 9.15. The van der Waals surface area contributed by atoms with E-state index in [1.165, 1.54) is 0 Å². The number of nitrogens with two attached hydrogens (primary N) is 2. The summed E-state index contributed by atoms with van der Waals surface area (Å²) in [6.07, 6.45) is 1.71. The maximum Gasteiger partial charge on any atom is 0.369 e. The number of fused-ring (bicyclic) bond motifs is 1. The molecule has 0 aliphatic rings. The summed E-state index contributed by atoms with van der Waals surface area (Å²) in [5.74, 6) is 0.570. The van der Waals surface area contributed by atoms with E-state index in [0.29, 0.717) is 12.4 Å². The molecule has 0 fully saturated rings. The molecular formula is C10H12BBr3ClN3. The lowest BCUT2D eigenvalue weighted by Gasteiger charge is -2.02. The average Bonchev–Trinajstić information content (AvgIpc) is 2.28. The summed E-state index contributed by atoms with van der Waals surface area (Å²) in [5.41, 5.74) is 12.3. The number of nitrogens with zero attached hydrogens (tertiary/aromatic N) is 1. The lowest BCUT2D eigenvalue weighted by molar-refractivity contribution is 1.08. The smallest absolute Gasteiger partial charge is 0.369 e. The Balaban J connectivity index is 0.000000512. The van der Waals surface area contributed by atoms with Gasteiger partial charge in [-0.25, -0.2) is 4.98 Å². The lowest BCUT2D eigenvalue weighted by Crippen LogP contribution is -1.96. The largest absolute Gasteiger partial charge is 0.383 e. The normalized spacial score (nSPS) is 9.11. The number of nitrogen functional groups attached to an aromatic ring is 1. The number of aromatic nitrogens is 1. The van der Waals surface area contributed by atoms with E-state index in [1.807, 2.05) is 24.3 Å². The molecule has 4 N–H and O–H groups in total. The zero-order chi connectivity index (χ0) is 12.8. The highest BCUT2D eigenvalue weighted by Gasteiger charge is 1.98. The molecule has 0 aliphatic carbocycles. The summed E-state index contributed by atoms with van der Waals surface area (Å²) >= 11 is 9.31. The third-order valence-corrected chi connectivity index (χ3v) is 2.10. The Bertz CT molecular complexity index is 496. The Labute approximate surface area is 137 Å². The highest BCUT2D eigenvalue weighted by molar-refractivity contribution is 9.69. The molecule has 0 saturated heterocycles. The minimum atomic E-state index is 0. The average molecular weight is 460 g/mol. The Hall–Kier alpha value is 0.185. The molecule has 0 aliphatic heterocycles. The molecule has 0 spiro atoms. The number of hydrogen-bond acceptors (Lipinski definition) is 3. The fourth-order valence-electron chi connectivity index (χ4n) is 1.38. The topological polar surface area (TPSA) is 64.9 Å². The molecule has 8 heteroatoms. The van der Waals surface area contributed by atoms with Gasteiger partial charge in [0.25, 0.3) is 0 Å². The van der Waals surface area contributed by atoms with Crippen molar-refractivity contribution in [3.8, 4) is 0 Å². The van der Waals surface area contributed by atoms with E-state index in [4.69, 9.17) is 11.5 Å². The van der Waals surface area contributed by atoms with E-state index in [-0.39, 0.29) is 15.6 Å². The van der Waals surface area contributed by atoms with Crippen molar-refractivity contribution in [1.29, 1.82) is 0 Å². The van der Waals surface area contributed by atoms with Crippen LogP contribution in [0.2, 0.25) is 0 Å². The van der Waals surface area contributed by atoms with Gasteiger partial charge in [0.15, 0.2) is 0 Å². The fraction of sp³-hybridized carbons (Fsp3) is 0.100. The highest BCUT2D eigenvalue weighted by atomic mass is 79.9. The van der Waals surface area contributed by atoms with Crippen molar-refractivity contribution >= 4 is 79.5 Å². The van der Waals surface area contributed by atoms with Gasteiger partial charge in [-0.1, -0.05) is 12.1 Å². The van der Waals surface area contributed by atoms with Crippen molar-refractivity contribution in [3.63, 3.8) is 0 Å². The second-order valence-corrected chi connectivity index (χ2v) is 9.64. The van der Waals surface area contributed by atoms with Crippen LogP contribution in [0, 0.1) is 0 Å². The summed E-state index contributed by atoms with van der Waals surface area (Å²) in [5, 5.41) is 2.08. The third-order valence-electron chi connectivity index (χ3n) is 2.10. The van der Waals surface area contributed by atoms with Crippen LogP contribution in [0.1, 0.15) is 5.56 Å². The first-order chi connectivity index (χ1) is 8.04. The van der Waals surface area contributed by atoms with Crippen LogP contribution in [0.25, 0.3) is 10.8 Å². The predicted molar refractivity (Wildman–Crippen MR) is 93.8 cm³/mol. The van der Waals surface area contributed by atoms with Gasteiger partial charge in [-0.3, -0.25) is 0 Å². The summed E-state index contributed by atoms with van der Waals surface area (Å²) in [4.78, 5) is 4.01. The van der Waals surface area contributed by atoms with Gasteiger partial charge in [-0.2, -0.15) is 0 Å². The van der Waals surface area contributed by atoms with Crippen LogP contribution in [0.15, 0.2) is 30.5 Å². The fourth-order valence-corrected chi connectivity index (χ4v) is 1.38. The highest BCUT2D eigenvalue weighted by Crippen LogP contribution is 2.19. The summed E-state index contributed by atoms with van der Waals surface area (Å²) in [7, 11) is 0. The van der Waals surface area contributed by atoms with E-state index in [9.17, 15) is 0 Å². The maximum atomic E-state index is 5.71. The minimum absolute atomic E-state index is 0. The van der Waals surface area contributed by atoms with Gasteiger partial charge < -0.3 is 11.5 Å². The molecule has 2 rings (SSSR count). The molecule has 0 amide bonds. The van der Waals surface area contributed by atoms with Crippen molar-refractivity contribution in [1.82, 2.24) is 4.98 Å². The van der Waals surface area contributed by atoms with E-state index < -0.39 is 0 Å². The first-order valence-corrected chi connectivity index (χ1v) is 7.54. The van der Waals surface area contributed by atoms with Gasteiger partial charge in [0, 0.05) is 18.1 Å². The quantitative estimate of drug-likeness (QED) is 0.636. The molecule has 0 radical (unpaired) electrons. The van der Waals surface area contributed by atoms with Crippen molar-refractivity contribution in [2.24, 2.45) is 5.73 Å². The van der Waals surface area contributed by atoms with Gasteiger partial charge in [0.1, 0.15) is 5.82 Å². The number of halogens is 4. The standard InChI is InChI=1S/C10H11N3.BBr3.ClH/c11-6-7-1-2-9-8(5-7)3-4-13-10(9)12;2-1(3)4;/h1-5H,6,11H2,(H2,12,13);;1H. The zero-order valence-electron chi connectivity index (χ0n) is 9.32. The van der Waals surface area contributed by atoms with Crippen molar-refractivity contribution in [2.45, 2.75) is 6.54 Å². The zero-order valence-corrected chi connectivity index (χ0v) is 14.9. The van der Waals surface area contributed by atoms with Gasteiger partial charge in [0.05, 0.1) is 0 Å². The first kappa shape index (κ1) is 18.2. The first-order valence-electron chi connectivity index (χ1n) is 4.80. The molecule has 1 aromatic heterocycles. The summed E-state index contributed by atoms with van der Waals surface area (Å²) in [6, 6.07) is 7.90. The van der Waals surface area contributed by atoms with Gasteiger partial charge in [-0.05, 0) is 23.1 Å². The Morgan fingerprint density at radius 3 is 2.33 bits per heavy atom. The minimum Gasteiger partial charge on any atom is -0.383 e. The number of anilines is 1. The molecule has 0 bridgehead atoms. The van der Waals surface area contributed by atoms with Crippen LogP contribution in [-0.4, -0.2) is 8.17 Å². The molecule has 3 nitrogen and oxygen atoms in total. The molecule has 2 aromatic rings. The number of hydrogen-bond donors (Lipinski definition) is 2. The van der Waals surface area contributed by atoms with Gasteiger partial charge in [-0.15, -0.1) is 59.7 Å². The molecule has 1 heterocycles. The van der Waals surface area contributed by atoms with E-state index in [2.05, 4.69) is 52.3 Å². The third kappa shape index (κ3) is 5.88. The van der Waals surface area contributed by atoms with Crippen LogP contribution in [0.3, 0.4) is 0 Å². The maximum absolute atomic E-state index is 5.71. The van der Waals surface area contributed by atoms with Crippen molar-refractivity contribution in [2.75, 3.05) is 5.73 Å². The summed E-state index contributed by atoms with van der Waals surface area (Å²) < 4.78 is 0.271. The van der Waals surface area contributed by atoms with Crippen LogP contribution in [0.5, 0.6) is 0 Å². The molecule has 0 unspecified atom stereocenters. The Kier molecular flexibility index (Phi) is 9.24. The van der Waals surface area contributed by atoms with E-state index in [0.717, 1.165) is 16.3 Å². The number of pyridine rings is 1. The number of rotatable bonds is 1. The van der Waals surface area contributed by atoms with Crippen LogP contribution < -0.4 is 11.5 Å². The van der Waals surface area contributed by atoms with Crippen molar-refractivity contribution < 1.29 is 0 Å². The Morgan fingerprint density at radius 2 is 1.78 bits per heavy atom. The SMILES string of the molecule is BrB(Br)Br.Cl.NCc1ccc2c(N)nccc2c1. The second-order valence-electron chi connectivity index (χ2n) is 3.20. The Morgan fingerprint density at radius 1 is 1.17 bits per heavy atom. The van der Waals surface area contributed by atoms with Gasteiger partial charge >= 0.3 is 3.18 Å². The van der Waals surface area contributed by atoms with E-state index in [1.54, 1.807) is 6.20 Å². The number of benzene rings is 1.